The van der Waals surface area contributed by atoms with Crippen molar-refractivity contribution in [2.45, 2.75) is 20.4 Å². The molecular formula is C13H14FN3O. The van der Waals surface area contributed by atoms with Gasteiger partial charge in [0.1, 0.15) is 11.5 Å². The Hall–Kier alpha value is -2.04. The number of halogens is 1. The Morgan fingerprint density at radius 3 is 2.72 bits per heavy atom. The molecule has 0 aliphatic carbocycles. The number of benzene rings is 1. The molecule has 0 amide bonds. The Labute approximate surface area is 104 Å². The molecule has 0 N–H and O–H groups in total. The third kappa shape index (κ3) is 2.30. The Bertz CT molecular complexity index is 563. The molecule has 1 heterocycles. The molecule has 18 heavy (non-hydrogen) atoms. The van der Waals surface area contributed by atoms with Crippen molar-refractivity contribution >= 4 is 6.29 Å². The van der Waals surface area contributed by atoms with E-state index in [1.165, 1.54) is 6.07 Å². The van der Waals surface area contributed by atoms with Crippen molar-refractivity contribution < 1.29 is 9.18 Å². The van der Waals surface area contributed by atoms with Crippen molar-refractivity contribution in [3.05, 3.63) is 35.8 Å². The van der Waals surface area contributed by atoms with Crippen LogP contribution in [0.5, 0.6) is 0 Å². The van der Waals surface area contributed by atoms with E-state index in [1.807, 2.05) is 13.8 Å². The lowest BCUT2D eigenvalue weighted by atomic mass is 10.1. The fourth-order valence-electron chi connectivity index (χ4n) is 1.81. The van der Waals surface area contributed by atoms with Crippen molar-refractivity contribution in [2.75, 3.05) is 0 Å². The van der Waals surface area contributed by atoms with Crippen LogP contribution in [0.3, 0.4) is 0 Å². The quantitative estimate of drug-likeness (QED) is 0.780. The minimum atomic E-state index is -0.382. The zero-order valence-corrected chi connectivity index (χ0v) is 10.3. The second kappa shape index (κ2) is 5.08. The molecule has 2 aromatic rings. The molecule has 0 saturated heterocycles. The van der Waals surface area contributed by atoms with Crippen LogP contribution in [0.4, 0.5) is 4.39 Å². The Balaban J connectivity index is 2.57. The summed E-state index contributed by atoms with van der Waals surface area (Å²) >= 11 is 0. The Morgan fingerprint density at radius 2 is 2.11 bits per heavy atom. The molecule has 4 nitrogen and oxygen atoms in total. The topological polar surface area (TPSA) is 47.8 Å². The molecule has 5 heteroatoms. The number of hydrogen-bond donors (Lipinski definition) is 0. The third-order valence-electron chi connectivity index (χ3n) is 2.54. The second-order valence-corrected chi connectivity index (χ2v) is 4.50. The van der Waals surface area contributed by atoms with E-state index in [9.17, 15) is 9.18 Å². The molecule has 0 aliphatic heterocycles. The highest BCUT2D eigenvalue weighted by Crippen LogP contribution is 2.24. The van der Waals surface area contributed by atoms with Crippen molar-refractivity contribution in [3.8, 4) is 11.3 Å². The molecule has 0 spiro atoms. The van der Waals surface area contributed by atoms with Crippen LogP contribution in [0.25, 0.3) is 11.3 Å². The third-order valence-corrected chi connectivity index (χ3v) is 2.54. The summed E-state index contributed by atoms with van der Waals surface area (Å²) in [4.78, 5) is 11.0. The van der Waals surface area contributed by atoms with E-state index in [1.54, 1.807) is 22.9 Å². The van der Waals surface area contributed by atoms with Crippen LogP contribution in [0.2, 0.25) is 0 Å². The van der Waals surface area contributed by atoms with Crippen molar-refractivity contribution in [3.63, 3.8) is 0 Å². The summed E-state index contributed by atoms with van der Waals surface area (Å²) in [5.74, 6) is -0.0513. The first-order chi connectivity index (χ1) is 8.63. The van der Waals surface area contributed by atoms with Gasteiger partial charge in [0.15, 0.2) is 12.0 Å². The van der Waals surface area contributed by atoms with Crippen LogP contribution in [0, 0.1) is 11.7 Å². The first kappa shape index (κ1) is 12.4. The highest BCUT2D eigenvalue weighted by Gasteiger charge is 2.17. The van der Waals surface area contributed by atoms with Gasteiger partial charge in [0.2, 0.25) is 0 Å². The van der Waals surface area contributed by atoms with E-state index in [-0.39, 0.29) is 11.5 Å². The van der Waals surface area contributed by atoms with Crippen LogP contribution in [0.1, 0.15) is 24.3 Å². The SMILES string of the molecule is CC(C)Cn1nnc(C=O)c1-c1ccccc1F. The highest BCUT2D eigenvalue weighted by atomic mass is 19.1. The lowest BCUT2D eigenvalue weighted by Gasteiger charge is -2.09. The molecule has 94 valence electrons. The summed E-state index contributed by atoms with van der Waals surface area (Å²) in [6, 6.07) is 6.31. The van der Waals surface area contributed by atoms with Crippen LogP contribution in [-0.2, 0) is 6.54 Å². The molecule has 0 bridgehead atoms. The summed E-state index contributed by atoms with van der Waals surface area (Å²) in [7, 11) is 0. The highest BCUT2D eigenvalue weighted by molar-refractivity contribution is 5.83. The standard InChI is InChI=1S/C13H14FN3O/c1-9(2)7-17-13(12(8-18)15-16-17)10-5-3-4-6-11(10)14/h3-6,8-9H,7H2,1-2H3. The molecule has 0 unspecified atom stereocenters. The van der Waals surface area contributed by atoms with Gasteiger partial charge in [0, 0.05) is 12.1 Å². The molecule has 1 aromatic heterocycles. The molecule has 0 atom stereocenters. The Morgan fingerprint density at radius 1 is 1.39 bits per heavy atom. The number of rotatable bonds is 4. The lowest BCUT2D eigenvalue weighted by Crippen LogP contribution is -2.08. The number of hydrogen-bond acceptors (Lipinski definition) is 3. The monoisotopic (exact) mass is 247 g/mol. The van der Waals surface area contributed by atoms with Crippen molar-refractivity contribution in [1.82, 2.24) is 15.0 Å². The maximum absolute atomic E-state index is 13.8. The zero-order chi connectivity index (χ0) is 13.1. The molecule has 2 rings (SSSR count). The fourth-order valence-corrected chi connectivity index (χ4v) is 1.81. The molecule has 0 fully saturated rings. The number of carbonyl (C=O) groups excluding carboxylic acids is 1. The van der Waals surface area contributed by atoms with Gasteiger partial charge < -0.3 is 0 Å². The summed E-state index contributed by atoms with van der Waals surface area (Å²) in [6.07, 6.45) is 0.603. The number of aldehydes is 1. The van der Waals surface area contributed by atoms with Gasteiger partial charge in [-0.2, -0.15) is 0 Å². The summed E-state index contributed by atoms with van der Waals surface area (Å²) < 4.78 is 15.4. The molecule has 0 saturated carbocycles. The van der Waals surface area contributed by atoms with Gasteiger partial charge in [0.05, 0.1) is 0 Å². The first-order valence-electron chi connectivity index (χ1n) is 5.77. The molecule has 0 radical (unpaired) electrons. The second-order valence-electron chi connectivity index (χ2n) is 4.50. The maximum atomic E-state index is 13.8. The number of carbonyl (C=O) groups is 1. The van der Waals surface area contributed by atoms with Crippen molar-refractivity contribution in [2.24, 2.45) is 5.92 Å². The minimum absolute atomic E-state index is 0.167. The number of nitrogens with zero attached hydrogens (tertiary/aromatic N) is 3. The molecule has 1 aromatic carbocycles. The number of aromatic nitrogens is 3. The lowest BCUT2D eigenvalue weighted by molar-refractivity contribution is 0.111. The van der Waals surface area contributed by atoms with Gasteiger partial charge in [-0.05, 0) is 18.1 Å². The Kier molecular flexibility index (Phi) is 3.50. The van der Waals surface area contributed by atoms with E-state index in [0.29, 0.717) is 30.0 Å². The largest absolute Gasteiger partial charge is 0.296 e. The van der Waals surface area contributed by atoms with Crippen LogP contribution in [0.15, 0.2) is 24.3 Å². The average Bonchev–Trinajstić information content (AvgIpc) is 2.72. The summed E-state index contributed by atoms with van der Waals surface area (Å²) in [5.41, 5.74) is 0.961. The van der Waals surface area contributed by atoms with Gasteiger partial charge >= 0.3 is 0 Å². The minimum Gasteiger partial charge on any atom is -0.296 e. The van der Waals surface area contributed by atoms with Crippen LogP contribution < -0.4 is 0 Å². The maximum Gasteiger partial charge on any atom is 0.172 e. The van der Waals surface area contributed by atoms with E-state index in [0.717, 1.165) is 0 Å². The van der Waals surface area contributed by atoms with Gasteiger partial charge in [-0.15, -0.1) is 5.10 Å². The average molecular weight is 247 g/mol. The van der Waals surface area contributed by atoms with Gasteiger partial charge in [-0.1, -0.05) is 31.2 Å². The smallest absolute Gasteiger partial charge is 0.172 e. The predicted molar refractivity (Wildman–Crippen MR) is 65.6 cm³/mol. The van der Waals surface area contributed by atoms with Crippen molar-refractivity contribution in [1.29, 1.82) is 0 Å². The van der Waals surface area contributed by atoms with Crippen LogP contribution >= 0.6 is 0 Å². The fraction of sp³-hybridized carbons (Fsp3) is 0.308. The van der Waals surface area contributed by atoms with Gasteiger partial charge in [-0.25, -0.2) is 9.07 Å². The summed E-state index contributed by atoms with van der Waals surface area (Å²) in [6.45, 7) is 4.63. The predicted octanol–water partition coefficient (Wildman–Crippen LogP) is 2.55. The summed E-state index contributed by atoms with van der Waals surface area (Å²) in [5, 5.41) is 7.70. The van der Waals surface area contributed by atoms with E-state index in [2.05, 4.69) is 10.3 Å². The normalized spacial score (nSPS) is 10.9. The van der Waals surface area contributed by atoms with Gasteiger partial charge in [0.25, 0.3) is 0 Å². The van der Waals surface area contributed by atoms with E-state index >= 15 is 0 Å². The van der Waals surface area contributed by atoms with Gasteiger partial charge in [-0.3, -0.25) is 4.79 Å². The van der Waals surface area contributed by atoms with Crippen LogP contribution in [-0.4, -0.2) is 21.3 Å². The first-order valence-corrected chi connectivity index (χ1v) is 5.77. The molecular weight excluding hydrogens is 233 g/mol. The zero-order valence-electron chi connectivity index (χ0n) is 10.3. The van der Waals surface area contributed by atoms with E-state index < -0.39 is 0 Å². The molecule has 0 aliphatic rings. The van der Waals surface area contributed by atoms with E-state index in [4.69, 9.17) is 0 Å².